The lowest BCUT2D eigenvalue weighted by Crippen LogP contribution is -2.41. The van der Waals surface area contributed by atoms with Gasteiger partial charge in [-0.25, -0.2) is 0 Å². The van der Waals surface area contributed by atoms with E-state index in [1.54, 1.807) is 11.8 Å². The van der Waals surface area contributed by atoms with Crippen molar-refractivity contribution in [2.75, 3.05) is 20.3 Å². The fraction of sp³-hybridized carbons (Fsp3) is 0.323. The quantitative estimate of drug-likeness (QED) is 0.112. The van der Waals surface area contributed by atoms with Crippen molar-refractivity contribution >= 4 is 30.1 Å². The van der Waals surface area contributed by atoms with Crippen LogP contribution in [0.4, 0.5) is 0 Å². The number of amidine groups is 1. The Morgan fingerprint density at radius 3 is 2.21 bits per heavy atom. The zero-order valence-corrected chi connectivity index (χ0v) is 23.2. The van der Waals surface area contributed by atoms with Crippen LogP contribution >= 0.6 is 12.4 Å². The Balaban J connectivity index is 0.00000420. The molecule has 1 fully saturated rings. The number of methoxy groups -OCH3 is 1. The van der Waals surface area contributed by atoms with Crippen molar-refractivity contribution in [3.05, 3.63) is 90.0 Å². The number of nitrogens with zero attached hydrogens (tertiary/aromatic N) is 1. The Hall–Kier alpha value is -3.84. The molecule has 4 rings (SSSR count). The molecule has 1 heterocycles. The number of halogens is 1. The Morgan fingerprint density at radius 2 is 1.62 bits per heavy atom. The second-order valence-electron chi connectivity index (χ2n) is 9.95. The summed E-state index contributed by atoms with van der Waals surface area (Å²) in [4.78, 5) is 27.7. The summed E-state index contributed by atoms with van der Waals surface area (Å²) in [7, 11) is 1.32. The molecule has 7 nitrogen and oxygen atoms in total. The summed E-state index contributed by atoms with van der Waals surface area (Å²) in [5.41, 5.74) is 8.33. The van der Waals surface area contributed by atoms with Gasteiger partial charge in [0.1, 0.15) is 23.6 Å². The van der Waals surface area contributed by atoms with Crippen molar-refractivity contribution in [2.45, 2.75) is 38.6 Å². The van der Waals surface area contributed by atoms with Crippen LogP contribution in [0.5, 0.6) is 5.75 Å². The highest BCUT2D eigenvalue weighted by Gasteiger charge is 2.54. The molecule has 0 unspecified atom stereocenters. The lowest BCUT2D eigenvalue weighted by molar-refractivity contribution is -0.157. The predicted octanol–water partition coefficient (Wildman–Crippen LogP) is 5.24. The number of amides is 1. The van der Waals surface area contributed by atoms with Crippen molar-refractivity contribution < 1.29 is 19.1 Å². The summed E-state index contributed by atoms with van der Waals surface area (Å²) in [5.74, 6) is 0.0397. The molecule has 39 heavy (non-hydrogen) atoms. The van der Waals surface area contributed by atoms with E-state index in [1.807, 2.05) is 66.7 Å². The number of carbonyl (C=O) groups excluding carboxylic acids is 2. The Labute approximate surface area is 236 Å². The number of aryl methyl sites for hydroxylation is 1. The van der Waals surface area contributed by atoms with Crippen LogP contribution < -0.4 is 10.5 Å². The van der Waals surface area contributed by atoms with Gasteiger partial charge in [0, 0.05) is 12.1 Å². The maximum absolute atomic E-state index is 13.3. The third-order valence-electron chi connectivity index (χ3n) is 7.24. The number of carbonyl (C=O) groups is 2. The first-order valence-corrected chi connectivity index (χ1v) is 12.9. The minimum Gasteiger partial charge on any atom is -0.491 e. The molecule has 0 saturated carbocycles. The molecule has 1 aliphatic rings. The molecule has 3 aromatic carbocycles. The number of hydrogen-bond acceptors (Lipinski definition) is 5. The monoisotopic (exact) mass is 549 g/mol. The first-order chi connectivity index (χ1) is 18.3. The van der Waals surface area contributed by atoms with Gasteiger partial charge in [-0.05, 0) is 61.4 Å². The molecule has 1 aliphatic heterocycles. The molecule has 0 aliphatic carbocycles. The number of nitrogen functional groups attached to an aromatic ring is 1. The van der Waals surface area contributed by atoms with Gasteiger partial charge >= 0.3 is 5.97 Å². The fourth-order valence-electron chi connectivity index (χ4n) is 5.01. The molecule has 206 valence electrons. The molecule has 0 aromatic heterocycles. The molecule has 0 bridgehead atoms. The summed E-state index contributed by atoms with van der Waals surface area (Å²) in [6, 6.07) is 25.3. The number of rotatable bonds is 11. The van der Waals surface area contributed by atoms with Crippen LogP contribution in [0.25, 0.3) is 11.1 Å². The van der Waals surface area contributed by atoms with Gasteiger partial charge in [0.05, 0.1) is 13.2 Å². The lowest BCUT2D eigenvalue weighted by Gasteiger charge is -2.25. The fourth-order valence-corrected chi connectivity index (χ4v) is 5.01. The minimum atomic E-state index is -1.20. The van der Waals surface area contributed by atoms with E-state index in [-0.39, 0.29) is 30.2 Å². The van der Waals surface area contributed by atoms with Gasteiger partial charge in [-0.2, -0.15) is 0 Å². The zero-order valence-electron chi connectivity index (χ0n) is 22.4. The topological polar surface area (TPSA) is 106 Å². The van der Waals surface area contributed by atoms with Gasteiger partial charge in [-0.15, -0.1) is 12.4 Å². The van der Waals surface area contributed by atoms with Crippen molar-refractivity contribution in [3.8, 4) is 16.9 Å². The van der Waals surface area contributed by atoms with Gasteiger partial charge in [0.25, 0.3) is 0 Å². The standard InChI is InChI=1S/C31H35N3O4.ClH/c1-31(30(36)37-2)20-26(34(29(31)35)19-7-6-10-22-8-4-3-5-9-22)21-38-27-17-15-24(16-18-27)23-11-13-25(14-12-23)28(32)33;/h3-5,8-9,11-18,26H,6-7,10,19-21H2,1-2H3,(H3,32,33);1H/t26-,31-;/m0./s1. The highest BCUT2D eigenvalue weighted by atomic mass is 35.5. The van der Waals surface area contributed by atoms with E-state index in [0.29, 0.717) is 30.9 Å². The maximum Gasteiger partial charge on any atom is 0.321 e. The van der Waals surface area contributed by atoms with Crippen LogP contribution in [0.3, 0.4) is 0 Å². The van der Waals surface area contributed by atoms with Crippen LogP contribution in [0.1, 0.15) is 37.3 Å². The second-order valence-corrected chi connectivity index (χ2v) is 9.95. The largest absolute Gasteiger partial charge is 0.491 e. The summed E-state index contributed by atoms with van der Waals surface area (Å²) in [6.45, 7) is 2.54. The summed E-state index contributed by atoms with van der Waals surface area (Å²) in [6.07, 6.45) is 3.09. The van der Waals surface area contributed by atoms with Crippen LogP contribution in [-0.2, 0) is 20.7 Å². The highest BCUT2D eigenvalue weighted by Crippen LogP contribution is 2.38. The molecule has 1 amide bonds. The number of esters is 1. The summed E-state index contributed by atoms with van der Waals surface area (Å²) in [5, 5.41) is 7.54. The van der Waals surface area contributed by atoms with Gasteiger partial charge in [-0.3, -0.25) is 15.0 Å². The first kappa shape index (κ1) is 29.7. The summed E-state index contributed by atoms with van der Waals surface area (Å²) >= 11 is 0. The highest BCUT2D eigenvalue weighted by molar-refractivity contribution is 6.04. The number of unbranched alkanes of at least 4 members (excludes halogenated alkanes) is 1. The lowest BCUT2D eigenvalue weighted by atomic mass is 9.87. The second kappa shape index (κ2) is 13.3. The van der Waals surface area contributed by atoms with E-state index in [4.69, 9.17) is 20.6 Å². The molecule has 8 heteroatoms. The van der Waals surface area contributed by atoms with Gasteiger partial charge < -0.3 is 20.1 Å². The SMILES string of the molecule is COC(=O)[C@@]1(C)C[C@@H](COc2ccc(-c3ccc(C(=N)N)cc3)cc2)N(CCCCc2ccccc2)C1=O.Cl. The van der Waals surface area contributed by atoms with Crippen molar-refractivity contribution in [1.82, 2.24) is 4.90 Å². The van der Waals surface area contributed by atoms with E-state index in [0.717, 1.165) is 30.4 Å². The average Bonchev–Trinajstić information content (AvgIpc) is 3.20. The third kappa shape index (κ3) is 6.98. The Kier molecular flexibility index (Phi) is 10.1. The Bertz CT molecular complexity index is 1270. The normalized spacial score (nSPS) is 18.4. The van der Waals surface area contributed by atoms with Crippen LogP contribution in [0.2, 0.25) is 0 Å². The molecule has 1 saturated heterocycles. The maximum atomic E-state index is 13.3. The van der Waals surface area contributed by atoms with Gasteiger partial charge in [-0.1, -0.05) is 66.7 Å². The molecule has 0 spiro atoms. The average molecular weight is 550 g/mol. The van der Waals surface area contributed by atoms with Crippen LogP contribution in [0, 0.1) is 10.8 Å². The molecular weight excluding hydrogens is 514 g/mol. The number of nitrogens with two attached hydrogens (primary N) is 1. The first-order valence-electron chi connectivity index (χ1n) is 12.9. The number of nitrogens with one attached hydrogen (secondary N) is 1. The van der Waals surface area contributed by atoms with Crippen molar-refractivity contribution in [3.63, 3.8) is 0 Å². The number of likely N-dealkylation sites (tertiary alicyclic amines) is 1. The smallest absolute Gasteiger partial charge is 0.321 e. The third-order valence-corrected chi connectivity index (χ3v) is 7.24. The summed E-state index contributed by atoms with van der Waals surface area (Å²) < 4.78 is 11.1. The van der Waals surface area contributed by atoms with Crippen molar-refractivity contribution in [1.29, 1.82) is 5.41 Å². The van der Waals surface area contributed by atoms with Crippen LogP contribution in [0.15, 0.2) is 78.9 Å². The van der Waals surface area contributed by atoms with Crippen molar-refractivity contribution in [2.24, 2.45) is 11.1 Å². The van der Waals surface area contributed by atoms with E-state index in [1.165, 1.54) is 12.7 Å². The van der Waals surface area contributed by atoms with E-state index in [2.05, 4.69) is 12.1 Å². The Morgan fingerprint density at radius 1 is 1.00 bits per heavy atom. The number of benzene rings is 3. The molecule has 2 atom stereocenters. The number of hydrogen-bond donors (Lipinski definition) is 2. The minimum absolute atomic E-state index is 0. The van der Waals surface area contributed by atoms with E-state index in [9.17, 15) is 9.59 Å². The van der Waals surface area contributed by atoms with Crippen LogP contribution in [-0.4, -0.2) is 48.9 Å². The zero-order chi connectivity index (χ0) is 27.1. The number of ether oxygens (including phenoxy) is 2. The molecular formula is C31H36ClN3O4. The molecule has 0 radical (unpaired) electrons. The van der Waals surface area contributed by atoms with Gasteiger partial charge in [0.2, 0.25) is 5.91 Å². The van der Waals surface area contributed by atoms with Gasteiger partial charge in [0.15, 0.2) is 0 Å². The molecule has 3 N–H and O–H groups in total. The predicted molar refractivity (Wildman–Crippen MR) is 155 cm³/mol. The van der Waals surface area contributed by atoms with E-state index >= 15 is 0 Å². The van der Waals surface area contributed by atoms with E-state index < -0.39 is 11.4 Å². The molecule has 3 aromatic rings.